The zero-order chi connectivity index (χ0) is 13.3. The lowest BCUT2D eigenvalue weighted by Crippen LogP contribution is -1.96. The van der Waals surface area contributed by atoms with Crippen LogP contribution in [0.25, 0.3) is 10.6 Å². The van der Waals surface area contributed by atoms with Gasteiger partial charge < -0.3 is 5.11 Å². The summed E-state index contributed by atoms with van der Waals surface area (Å²) in [4.78, 5) is 15.0. The van der Waals surface area contributed by atoms with Crippen molar-refractivity contribution in [2.75, 3.05) is 0 Å². The highest BCUT2D eigenvalue weighted by atomic mass is 32.1. The predicted molar refractivity (Wildman–Crippen MR) is 73.3 cm³/mol. The van der Waals surface area contributed by atoms with Gasteiger partial charge in [0.2, 0.25) is 0 Å². The molecule has 1 aromatic heterocycles. The summed E-state index contributed by atoms with van der Waals surface area (Å²) in [5, 5.41) is 11.3. The molecule has 0 unspecified atom stereocenters. The van der Waals surface area contributed by atoms with Gasteiger partial charge in [0, 0.05) is 10.9 Å². The van der Waals surface area contributed by atoms with Crippen LogP contribution in [0.15, 0.2) is 23.6 Å². The van der Waals surface area contributed by atoms with E-state index in [0.29, 0.717) is 5.92 Å². The molecule has 0 spiro atoms. The van der Waals surface area contributed by atoms with E-state index in [0.717, 1.165) is 16.1 Å². The lowest BCUT2D eigenvalue weighted by molar-refractivity contribution is 0.0691. The van der Waals surface area contributed by atoms with Gasteiger partial charge in [-0.05, 0) is 30.0 Å². The monoisotopic (exact) mass is 261 g/mol. The number of nitrogens with zero attached hydrogens (tertiary/aromatic N) is 1. The van der Waals surface area contributed by atoms with E-state index in [2.05, 4.69) is 37.0 Å². The smallest absolute Gasteiger partial charge is 0.355 e. The number of carboxylic acids is 1. The Kier molecular flexibility index (Phi) is 3.48. The number of hydrogen-bond acceptors (Lipinski definition) is 3. The Balaban J connectivity index is 2.48. The summed E-state index contributed by atoms with van der Waals surface area (Å²) in [5.41, 5.74) is 3.50. The van der Waals surface area contributed by atoms with E-state index in [4.69, 9.17) is 5.11 Å². The number of hydrogen-bond donors (Lipinski definition) is 1. The van der Waals surface area contributed by atoms with Gasteiger partial charge in [0.25, 0.3) is 0 Å². The van der Waals surface area contributed by atoms with E-state index in [9.17, 15) is 4.79 Å². The minimum Gasteiger partial charge on any atom is -0.476 e. The maximum atomic E-state index is 10.8. The predicted octanol–water partition coefficient (Wildman–Crippen LogP) is 3.94. The molecule has 2 rings (SSSR count). The van der Waals surface area contributed by atoms with Gasteiger partial charge in [-0.25, -0.2) is 9.78 Å². The first-order valence-corrected chi connectivity index (χ1v) is 6.66. The first kappa shape index (κ1) is 12.8. The summed E-state index contributed by atoms with van der Waals surface area (Å²) in [6.07, 6.45) is 0. The minimum atomic E-state index is -0.977. The highest BCUT2D eigenvalue weighted by Crippen LogP contribution is 2.29. The van der Waals surface area contributed by atoms with Gasteiger partial charge >= 0.3 is 5.97 Å². The second kappa shape index (κ2) is 4.90. The molecule has 94 valence electrons. The molecule has 0 aliphatic heterocycles. The fourth-order valence-corrected chi connectivity index (χ4v) is 2.60. The van der Waals surface area contributed by atoms with Crippen molar-refractivity contribution >= 4 is 17.3 Å². The molecule has 0 amide bonds. The Morgan fingerprint density at radius 3 is 2.67 bits per heavy atom. The Morgan fingerprint density at radius 1 is 1.39 bits per heavy atom. The molecule has 3 nitrogen and oxygen atoms in total. The van der Waals surface area contributed by atoms with Gasteiger partial charge in [0.05, 0.1) is 0 Å². The van der Waals surface area contributed by atoms with Crippen molar-refractivity contribution < 1.29 is 9.90 Å². The molecule has 1 aromatic carbocycles. The van der Waals surface area contributed by atoms with Crippen molar-refractivity contribution in [3.05, 3.63) is 40.4 Å². The molecule has 0 fully saturated rings. The first-order chi connectivity index (χ1) is 8.49. The quantitative estimate of drug-likeness (QED) is 0.910. The van der Waals surface area contributed by atoms with Crippen LogP contribution >= 0.6 is 11.3 Å². The molecule has 0 saturated heterocycles. The van der Waals surface area contributed by atoms with Gasteiger partial charge in [-0.1, -0.05) is 26.0 Å². The molecule has 18 heavy (non-hydrogen) atoms. The topological polar surface area (TPSA) is 50.2 Å². The fraction of sp³-hybridized carbons (Fsp3) is 0.286. The summed E-state index contributed by atoms with van der Waals surface area (Å²) in [5.74, 6) is -0.529. The number of carboxylic acid groups (broad SMARTS) is 1. The molecule has 0 radical (unpaired) electrons. The van der Waals surface area contributed by atoms with E-state index in [1.807, 2.05) is 6.92 Å². The zero-order valence-electron chi connectivity index (χ0n) is 10.6. The van der Waals surface area contributed by atoms with E-state index in [1.165, 1.54) is 16.9 Å². The number of rotatable bonds is 3. The molecule has 2 aromatic rings. The summed E-state index contributed by atoms with van der Waals surface area (Å²) in [6.45, 7) is 6.29. The highest BCUT2D eigenvalue weighted by molar-refractivity contribution is 7.13. The summed E-state index contributed by atoms with van der Waals surface area (Å²) < 4.78 is 0. The maximum Gasteiger partial charge on any atom is 0.355 e. The van der Waals surface area contributed by atoms with Crippen LogP contribution in [0.2, 0.25) is 0 Å². The van der Waals surface area contributed by atoms with Crippen LogP contribution in [0.5, 0.6) is 0 Å². The van der Waals surface area contributed by atoms with Gasteiger partial charge in [-0.2, -0.15) is 0 Å². The van der Waals surface area contributed by atoms with E-state index in [-0.39, 0.29) is 5.69 Å². The third-order valence-electron chi connectivity index (χ3n) is 2.88. The second-order valence-electron chi connectivity index (χ2n) is 4.57. The molecule has 0 aliphatic carbocycles. The van der Waals surface area contributed by atoms with Crippen LogP contribution in [-0.2, 0) is 0 Å². The van der Waals surface area contributed by atoms with Crippen molar-refractivity contribution in [3.63, 3.8) is 0 Å². The number of aromatic carboxylic acids is 1. The molecule has 1 heterocycles. The Morgan fingerprint density at radius 2 is 2.11 bits per heavy atom. The number of benzene rings is 1. The van der Waals surface area contributed by atoms with Gasteiger partial charge in [-0.15, -0.1) is 11.3 Å². The molecule has 4 heteroatoms. The summed E-state index contributed by atoms with van der Waals surface area (Å²) in [6, 6.07) is 6.27. The fourth-order valence-electron chi connectivity index (χ4n) is 1.72. The van der Waals surface area contributed by atoms with Crippen molar-refractivity contribution in [1.82, 2.24) is 4.98 Å². The maximum absolute atomic E-state index is 10.8. The third kappa shape index (κ3) is 2.43. The number of aromatic nitrogens is 1. The third-order valence-corrected chi connectivity index (χ3v) is 3.76. The molecule has 0 saturated carbocycles. The Hall–Kier alpha value is -1.68. The lowest BCUT2D eigenvalue weighted by Gasteiger charge is -2.09. The molecule has 1 N–H and O–H groups in total. The van der Waals surface area contributed by atoms with Crippen molar-refractivity contribution in [1.29, 1.82) is 0 Å². The van der Waals surface area contributed by atoms with Crippen molar-refractivity contribution in [3.8, 4) is 10.6 Å². The van der Waals surface area contributed by atoms with E-state index in [1.54, 1.807) is 5.38 Å². The second-order valence-corrected chi connectivity index (χ2v) is 5.43. The molecule has 0 bridgehead atoms. The Bertz CT molecular complexity index is 587. The van der Waals surface area contributed by atoms with Crippen LogP contribution in [0.1, 0.15) is 41.4 Å². The minimum absolute atomic E-state index is 0.115. The number of carbonyl (C=O) groups is 1. The van der Waals surface area contributed by atoms with Crippen LogP contribution in [0.4, 0.5) is 0 Å². The SMILES string of the molecule is Cc1ccc(C(C)C)cc1-c1nc(C(=O)O)cs1. The van der Waals surface area contributed by atoms with Crippen LogP contribution in [0, 0.1) is 6.92 Å². The van der Waals surface area contributed by atoms with Gasteiger partial charge in [0.15, 0.2) is 5.69 Å². The van der Waals surface area contributed by atoms with Gasteiger partial charge in [0.1, 0.15) is 5.01 Å². The highest BCUT2D eigenvalue weighted by Gasteiger charge is 2.12. The lowest BCUT2D eigenvalue weighted by atomic mass is 9.98. The Labute approximate surface area is 110 Å². The van der Waals surface area contributed by atoms with Gasteiger partial charge in [-0.3, -0.25) is 0 Å². The normalized spacial score (nSPS) is 10.9. The molecular formula is C14H15NO2S. The van der Waals surface area contributed by atoms with Crippen LogP contribution in [-0.4, -0.2) is 16.1 Å². The standard InChI is InChI=1S/C14H15NO2S/c1-8(2)10-5-4-9(3)11(6-10)13-15-12(7-18-13)14(16)17/h4-8H,1-3H3,(H,16,17). The number of thiazole rings is 1. The molecule has 0 atom stereocenters. The van der Waals surface area contributed by atoms with Crippen LogP contribution in [0.3, 0.4) is 0 Å². The van der Waals surface area contributed by atoms with Crippen molar-refractivity contribution in [2.45, 2.75) is 26.7 Å². The molecule has 0 aliphatic rings. The average molecular weight is 261 g/mol. The zero-order valence-corrected chi connectivity index (χ0v) is 11.4. The summed E-state index contributed by atoms with van der Waals surface area (Å²) >= 11 is 1.37. The van der Waals surface area contributed by atoms with Crippen LogP contribution < -0.4 is 0 Å². The largest absolute Gasteiger partial charge is 0.476 e. The average Bonchev–Trinajstić information content (AvgIpc) is 2.78. The summed E-state index contributed by atoms with van der Waals surface area (Å²) in [7, 11) is 0. The van der Waals surface area contributed by atoms with E-state index < -0.39 is 5.97 Å². The molecular weight excluding hydrogens is 246 g/mol. The number of aryl methyl sites for hydroxylation is 1. The first-order valence-electron chi connectivity index (χ1n) is 5.78. The van der Waals surface area contributed by atoms with E-state index >= 15 is 0 Å². The van der Waals surface area contributed by atoms with Crippen molar-refractivity contribution in [2.24, 2.45) is 0 Å².